The standard InChI is InChI=1S/C20H27N5O2/c1-5-26-16-6-7-18-17(9-16)20(24-23-18)13(2)8-19(22-12-21)25-10-14(3)27-15(4)11-25/h6-9,12,14-15H,2,5,10-11H2,1,3-4H3,(H2,21,22)(H,23,24)/b19-8+/t14-,15+. The normalized spacial score (nSPS) is 21.1. The quantitative estimate of drug-likeness (QED) is 0.464. The van der Waals surface area contributed by atoms with E-state index in [1.807, 2.05) is 31.2 Å². The number of H-pyrrole nitrogens is 1. The Labute approximate surface area is 159 Å². The lowest BCUT2D eigenvalue weighted by Gasteiger charge is -2.36. The second-order valence-corrected chi connectivity index (χ2v) is 6.68. The van der Waals surface area contributed by atoms with Gasteiger partial charge in [0.05, 0.1) is 36.4 Å². The lowest BCUT2D eigenvalue weighted by Crippen LogP contribution is -2.44. The van der Waals surface area contributed by atoms with Gasteiger partial charge in [0.2, 0.25) is 0 Å². The van der Waals surface area contributed by atoms with Gasteiger partial charge in [-0.2, -0.15) is 5.10 Å². The highest BCUT2D eigenvalue weighted by atomic mass is 16.5. The topological polar surface area (TPSA) is 88.8 Å². The van der Waals surface area contributed by atoms with Crippen LogP contribution in [0.15, 0.2) is 41.7 Å². The number of nitrogens with zero attached hydrogens (tertiary/aromatic N) is 3. The number of aromatic amines is 1. The highest BCUT2D eigenvalue weighted by Gasteiger charge is 2.24. The maximum atomic E-state index is 5.81. The Kier molecular flexibility index (Phi) is 5.81. The van der Waals surface area contributed by atoms with Crippen molar-refractivity contribution >= 4 is 22.8 Å². The predicted octanol–water partition coefficient (Wildman–Crippen LogP) is 2.91. The smallest absolute Gasteiger partial charge is 0.131 e. The molecular formula is C20H27N5O2. The van der Waals surface area contributed by atoms with Crippen LogP contribution >= 0.6 is 0 Å². The summed E-state index contributed by atoms with van der Waals surface area (Å²) < 4.78 is 11.4. The number of rotatable bonds is 6. The molecule has 7 heteroatoms. The number of hydrogen-bond acceptors (Lipinski definition) is 5. The van der Waals surface area contributed by atoms with E-state index in [0.717, 1.165) is 46.8 Å². The number of fused-ring (bicyclic) bond motifs is 1. The number of morpholine rings is 1. The van der Waals surface area contributed by atoms with Gasteiger partial charge >= 0.3 is 0 Å². The van der Waals surface area contributed by atoms with Gasteiger partial charge in [-0.15, -0.1) is 0 Å². The number of aliphatic imine (C=N–C) groups is 1. The molecule has 27 heavy (non-hydrogen) atoms. The molecule has 7 nitrogen and oxygen atoms in total. The summed E-state index contributed by atoms with van der Waals surface area (Å²) in [5, 5.41) is 8.44. The SMILES string of the molecule is C=C(/C=C(\N=C/N)N1C[C@@H](C)O[C@@H](C)C1)c1n[nH]c2ccc(OCC)cc12. The van der Waals surface area contributed by atoms with Gasteiger partial charge < -0.3 is 20.1 Å². The van der Waals surface area contributed by atoms with Gasteiger partial charge in [-0.1, -0.05) is 6.58 Å². The maximum absolute atomic E-state index is 5.81. The average Bonchev–Trinajstić information content (AvgIpc) is 3.04. The molecule has 3 rings (SSSR count). The molecule has 1 aromatic heterocycles. The van der Waals surface area contributed by atoms with Crippen LogP contribution in [-0.2, 0) is 4.74 Å². The minimum absolute atomic E-state index is 0.123. The number of ether oxygens (including phenoxy) is 2. The summed E-state index contributed by atoms with van der Waals surface area (Å²) in [6.45, 7) is 12.4. The van der Waals surface area contributed by atoms with Crippen LogP contribution in [0.2, 0.25) is 0 Å². The van der Waals surface area contributed by atoms with Crippen LogP contribution in [0.25, 0.3) is 16.5 Å². The fourth-order valence-electron chi connectivity index (χ4n) is 3.37. The first-order chi connectivity index (χ1) is 13.0. The summed E-state index contributed by atoms with van der Waals surface area (Å²) in [4.78, 5) is 6.51. The monoisotopic (exact) mass is 369 g/mol. The van der Waals surface area contributed by atoms with Crippen LogP contribution in [0.4, 0.5) is 0 Å². The number of aromatic nitrogens is 2. The van der Waals surface area contributed by atoms with E-state index < -0.39 is 0 Å². The highest BCUT2D eigenvalue weighted by molar-refractivity contribution is 5.93. The molecule has 0 spiro atoms. The van der Waals surface area contributed by atoms with Crippen molar-refractivity contribution in [3.05, 3.63) is 42.4 Å². The number of benzene rings is 1. The largest absolute Gasteiger partial charge is 0.494 e. The molecule has 0 saturated carbocycles. The first kappa shape index (κ1) is 19.0. The molecule has 0 aliphatic carbocycles. The van der Waals surface area contributed by atoms with E-state index in [1.165, 1.54) is 6.34 Å². The van der Waals surface area contributed by atoms with Gasteiger partial charge in [0.15, 0.2) is 0 Å². The van der Waals surface area contributed by atoms with E-state index >= 15 is 0 Å². The summed E-state index contributed by atoms with van der Waals surface area (Å²) in [5.41, 5.74) is 8.04. The second-order valence-electron chi connectivity index (χ2n) is 6.68. The van der Waals surface area contributed by atoms with Crippen LogP contribution in [-0.4, -0.2) is 53.3 Å². The molecule has 144 valence electrons. The Morgan fingerprint density at radius 2 is 2.19 bits per heavy atom. The molecule has 0 unspecified atom stereocenters. The lowest BCUT2D eigenvalue weighted by molar-refractivity contribution is -0.0580. The van der Waals surface area contributed by atoms with Gasteiger partial charge in [0, 0.05) is 18.5 Å². The average molecular weight is 369 g/mol. The van der Waals surface area contributed by atoms with Gasteiger partial charge in [0.25, 0.3) is 0 Å². The van der Waals surface area contributed by atoms with Crippen LogP contribution in [0.3, 0.4) is 0 Å². The highest BCUT2D eigenvalue weighted by Crippen LogP contribution is 2.28. The van der Waals surface area contributed by atoms with E-state index in [2.05, 4.69) is 40.5 Å². The van der Waals surface area contributed by atoms with Crippen molar-refractivity contribution < 1.29 is 9.47 Å². The van der Waals surface area contributed by atoms with Crippen LogP contribution in [0.1, 0.15) is 26.5 Å². The summed E-state index contributed by atoms with van der Waals surface area (Å²) >= 11 is 0. The van der Waals surface area contributed by atoms with E-state index in [-0.39, 0.29) is 12.2 Å². The fourth-order valence-corrected chi connectivity index (χ4v) is 3.37. The van der Waals surface area contributed by atoms with Gasteiger partial charge in [-0.25, -0.2) is 4.99 Å². The predicted molar refractivity (Wildman–Crippen MR) is 109 cm³/mol. The molecule has 2 atom stereocenters. The van der Waals surface area contributed by atoms with Crippen molar-refractivity contribution in [3.63, 3.8) is 0 Å². The van der Waals surface area contributed by atoms with Crippen molar-refractivity contribution in [1.29, 1.82) is 0 Å². The van der Waals surface area contributed by atoms with E-state index in [1.54, 1.807) is 0 Å². The third-order valence-corrected chi connectivity index (χ3v) is 4.40. The van der Waals surface area contributed by atoms with Crippen molar-refractivity contribution in [2.75, 3.05) is 19.7 Å². The molecule has 1 aliphatic heterocycles. The molecule has 0 amide bonds. The first-order valence-electron chi connectivity index (χ1n) is 9.18. The summed E-state index contributed by atoms with van der Waals surface area (Å²) in [6, 6.07) is 5.85. The van der Waals surface area contributed by atoms with Crippen LogP contribution < -0.4 is 10.5 Å². The number of allylic oxidation sites excluding steroid dienone is 2. The van der Waals surface area contributed by atoms with Gasteiger partial charge in [0.1, 0.15) is 11.6 Å². The van der Waals surface area contributed by atoms with Gasteiger partial charge in [-0.05, 0) is 50.6 Å². The zero-order chi connectivity index (χ0) is 19.4. The molecular weight excluding hydrogens is 342 g/mol. The number of nitrogens with one attached hydrogen (secondary N) is 1. The Hall–Kier alpha value is -2.80. The molecule has 1 saturated heterocycles. The van der Waals surface area contributed by atoms with E-state index in [9.17, 15) is 0 Å². The summed E-state index contributed by atoms with van der Waals surface area (Å²) in [5.74, 6) is 1.56. The summed E-state index contributed by atoms with van der Waals surface area (Å²) in [7, 11) is 0. The zero-order valence-electron chi connectivity index (χ0n) is 16.1. The molecule has 0 bridgehead atoms. The van der Waals surface area contributed by atoms with E-state index in [4.69, 9.17) is 15.2 Å². The van der Waals surface area contributed by atoms with Crippen molar-refractivity contribution in [1.82, 2.24) is 15.1 Å². The molecule has 1 aromatic carbocycles. The molecule has 1 aliphatic rings. The second kappa shape index (κ2) is 8.26. The third kappa shape index (κ3) is 4.31. The Bertz CT molecular complexity index is 860. The third-order valence-electron chi connectivity index (χ3n) is 4.40. The number of hydrogen-bond donors (Lipinski definition) is 2. The van der Waals surface area contributed by atoms with Crippen molar-refractivity contribution in [3.8, 4) is 5.75 Å². The number of nitrogens with two attached hydrogens (primary N) is 1. The van der Waals surface area contributed by atoms with E-state index in [0.29, 0.717) is 6.61 Å². The van der Waals surface area contributed by atoms with Crippen LogP contribution in [0.5, 0.6) is 5.75 Å². The lowest BCUT2D eigenvalue weighted by atomic mass is 10.1. The first-order valence-corrected chi connectivity index (χ1v) is 9.18. The van der Waals surface area contributed by atoms with Crippen molar-refractivity contribution in [2.24, 2.45) is 10.7 Å². The van der Waals surface area contributed by atoms with Gasteiger partial charge in [-0.3, -0.25) is 5.10 Å². The molecule has 0 radical (unpaired) electrons. The Balaban J connectivity index is 1.92. The summed E-state index contributed by atoms with van der Waals surface area (Å²) in [6.07, 6.45) is 3.47. The fraction of sp³-hybridized carbons (Fsp3) is 0.400. The van der Waals surface area contributed by atoms with Crippen LogP contribution in [0, 0.1) is 0 Å². The van der Waals surface area contributed by atoms with Crippen molar-refractivity contribution in [2.45, 2.75) is 33.0 Å². The minimum atomic E-state index is 0.123. The maximum Gasteiger partial charge on any atom is 0.131 e. The molecule has 3 N–H and O–H groups in total. The minimum Gasteiger partial charge on any atom is -0.494 e. The molecule has 2 heterocycles. The zero-order valence-corrected chi connectivity index (χ0v) is 16.1. The molecule has 2 aromatic rings. The Morgan fingerprint density at radius 1 is 1.44 bits per heavy atom. The molecule has 1 fully saturated rings. The Morgan fingerprint density at radius 3 is 2.85 bits per heavy atom.